The van der Waals surface area contributed by atoms with Crippen LogP contribution in [0.25, 0.3) is 0 Å². The van der Waals surface area contributed by atoms with Crippen LogP contribution >= 0.6 is 0 Å². The molecule has 0 rings (SSSR count). The molecular formula is C20H4F36. The topological polar surface area (TPSA) is 0 Å². The van der Waals surface area contributed by atoms with Crippen LogP contribution in [-0.4, -0.2) is 90.4 Å². The van der Waals surface area contributed by atoms with Crippen molar-refractivity contribution in [3.05, 3.63) is 24.3 Å². The largest absolute Gasteiger partial charge is 0.457 e. The number of allylic oxidation sites excluding steroid dienone is 4. The second kappa shape index (κ2) is 14.4. The van der Waals surface area contributed by atoms with Crippen molar-refractivity contribution in [1.29, 1.82) is 0 Å². The Balaban J connectivity index is 0. The predicted octanol–water partition coefficient (Wildman–Crippen LogP) is 13.2. The number of rotatable bonds is 7. The first kappa shape index (κ1) is 55.1. The van der Waals surface area contributed by atoms with E-state index < -0.39 is 120 Å². The molecule has 0 aromatic carbocycles. The van der Waals surface area contributed by atoms with Crippen molar-refractivity contribution in [3.8, 4) is 0 Å². The maximum Gasteiger partial charge on any atom is 0.457 e. The zero-order valence-corrected chi connectivity index (χ0v) is 23.9. The van der Waals surface area contributed by atoms with Crippen molar-refractivity contribution in [1.82, 2.24) is 0 Å². The van der Waals surface area contributed by atoms with Crippen LogP contribution in [0, 0.1) is 5.41 Å². The van der Waals surface area contributed by atoms with Crippen LogP contribution in [0.3, 0.4) is 0 Å². The van der Waals surface area contributed by atoms with Crippen molar-refractivity contribution < 1.29 is 158 Å². The molecule has 0 amide bonds. The van der Waals surface area contributed by atoms with E-state index in [1.54, 1.807) is 0 Å². The first-order chi connectivity index (χ1) is 23.4. The molecule has 0 aliphatic carbocycles. The third-order valence-electron chi connectivity index (χ3n) is 6.12. The predicted molar refractivity (Wildman–Crippen MR) is 102 cm³/mol. The Kier molecular flexibility index (Phi) is 14.1. The highest BCUT2D eigenvalue weighted by Crippen LogP contribution is 2.62. The fraction of sp³-hybridized carbons (Fsp3) is 0.800. The molecule has 36 heteroatoms. The smallest absolute Gasteiger partial charge is 0.222 e. The van der Waals surface area contributed by atoms with Gasteiger partial charge in [0.15, 0.2) is 0 Å². The summed E-state index contributed by atoms with van der Waals surface area (Å²) in [5.74, 6) is -23.2. The summed E-state index contributed by atoms with van der Waals surface area (Å²) in [6, 6.07) is 0. The fourth-order valence-electron chi connectivity index (χ4n) is 2.99. The molecule has 0 radical (unpaired) electrons. The zero-order chi connectivity index (χ0) is 46.8. The Bertz CT molecular complexity index is 1280. The van der Waals surface area contributed by atoms with Gasteiger partial charge in [-0.3, -0.25) is 0 Å². The van der Waals surface area contributed by atoms with E-state index in [2.05, 4.69) is 0 Å². The average molecular weight is 928 g/mol. The van der Waals surface area contributed by atoms with Crippen molar-refractivity contribution in [3.63, 3.8) is 0 Å². The summed E-state index contributed by atoms with van der Waals surface area (Å²) < 4.78 is 448. The lowest BCUT2D eigenvalue weighted by molar-refractivity contribution is -0.408. The van der Waals surface area contributed by atoms with Crippen molar-refractivity contribution in [2.24, 2.45) is 5.41 Å². The third-order valence-corrected chi connectivity index (χ3v) is 6.12. The average Bonchev–Trinajstić information content (AvgIpc) is 2.85. The Hall–Kier alpha value is -3.04. The van der Waals surface area contributed by atoms with Crippen LogP contribution < -0.4 is 0 Å². The lowest BCUT2D eigenvalue weighted by atomic mass is 9.82. The Labute approximate surface area is 279 Å². The second-order valence-electron chi connectivity index (χ2n) is 9.81. The van der Waals surface area contributed by atoms with E-state index in [9.17, 15) is 158 Å². The van der Waals surface area contributed by atoms with E-state index in [1.807, 2.05) is 0 Å². The number of hydrogen-bond donors (Lipinski definition) is 0. The molecule has 3 unspecified atom stereocenters. The van der Waals surface area contributed by atoms with Gasteiger partial charge in [-0.1, -0.05) is 6.08 Å². The second-order valence-corrected chi connectivity index (χ2v) is 9.81. The molecule has 56 heavy (non-hydrogen) atoms. The standard InChI is InChI=1S/2C10H2F18/c11-4(9(23,24)25,5(12,13)10(26,27)28)2-1-3(6(14,15)16,7(17,18)19)8(20,21)22;11-3(7(17,18)19,5(13,14)9(23,24)25)1-2-4(12,8(20,21)22)6(15,16)10(26,27)28/h2*1-2H. The molecule has 0 heterocycles. The number of halogens is 36. The fourth-order valence-corrected chi connectivity index (χ4v) is 2.99. The monoisotopic (exact) mass is 928 g/mol. The van der Waals surface area contributed by atoms with E-state index in [0.29, 0.717) is 0 Å². The quantitative estimate of drug-likeness (QED) is 0.176. The molecule has 0 bridgehead atoms. The first-order valence-corrected chi connectivity index (χ1v) is 11.6. The van der Waals surface area contributed by atoms with E-state index in [-0.39, 0.29) is 0 Å². The van der Waals surface area contributed by atoms with E-state index in [4.69, 9.17) is 0 Å². The highest BCUT2D eigenvalue weighted by Gasteiger charge is 2.86. The Morgan fingerprint density at radius 2 is 0.304 bits per heavy atom. The maximum atomic E-state index is 13.5. The van der Waals surface area contributed by atoms with Crippen molar-refractivity contribution in [2.45, 2.75) is 90.4 Å². The van der Waals surface area contributed by atoms with Gasteiger partial charge in [-0.05, 0) is 18.2 Å². The first-order valence-electron chi connectivity index (χ1n) is 11.6. The van der Waals surface area contributed by atoms with Crippen LogP contribution in [0.1, 0.15) is 0 Å². The minimum atomic E-state index is -7.76. The van der Waals surface area contributed by atoms with E-state index in [0.717, 1.165) is 0 Å². The van der Waals surface area contributed by atoms with Crippen molar-refractivity contribution >= 4 is 0 Å². The van der Waals surface area contributed by atoms with Gasteiger partial charge in [0, 0.05) is 0 Å². The Morgan fingerprint density at radius 3 is 0.411 bits per heavy atom. The molecule has 0 saturated heterocycles. The van der Waals surface area contributed by atoms with Gasteiger partial charge in [0.25, 0.3) is 22.4 Å². The molecule has 0 aromatic rings. The number of alkyl halides is 36. The summed E-state index contributed by atoms with van der Waals surface area (Å²) in [5.41, 5.74) is -29.5. The molecule has 336 valence electrons. The van der Waals surface area contributed by atoms with Gasteiger partial charge < -0.3 is 0 Å². The molecule has 0 aromatic heterocycles. The molecule has 0 aliphatic heterocycles. The summed E-state index contributed by atoms with van der Waals surface area (Å²) in [4.78, 5) is 0. The van der Waals surface area contributed by atoms with E-state index >= 15 is 0 Å². The third kappa shape index (κ3) is 8.99. The van der Waals surface area contributed by atoms with Gasteiger partial charge in [-0.2, -0.15) is 145 Å². The van der Waals surface area contributed by atoms with Crippen LogP contribution in [-0.2, 0) is 0 Å². The van der Waals surface area contributed by atoms with Crippen molar-refractivity contribution in [2.75, 3.05) is 0 Å². The van der Waals surface area contributed by atoms with Crippen LogP contribution in [0.2, 0.25) is 0 Å². The summed E-state index contributed by atoms with van der Waals surface area (Å²) in [6.45, 7) is 0. The normalized spacial score (nSPS) is 19.4. The van der Waals surface area contributed by atoms with Crippen LogP contribution in [0.5, 0.6) is 0 Å². The summed E-state index contributed by atoms with van der Waals surface area (Å²) >= 11 is 0. The molecule has 3 atom stereocenters. The molecule has 0 saturated carbocycles. The maximum absolute atomic E-state index is 13.5. The van der Waals surface area contributed by atoms with E-state index in [1.165, 1.54) is 0 Å². The summed E-state index contributed by atoms with van der Waals surface area (Å²) in [7, 11) is 0. The summed E-state index contributed by atoms with van der Waals surface area (Å²) in [5, 5.41) is 0. The van der Waals surface area contributed by atoms with Gasteiger partial charge in [-0.25, -0.2) is 13.2 Å². The lowest BCUT2D eigenvalue weighted by Crippen LogP contribution is -2.63. The minimum Gasteiger partial charge on any atom is -0.222 e. The zero-order valence-electron chi connectivity index (χ0n) is 23.9. The van der Waals surface area contributed by atoms with Crippen LogP contribution in [0.4, 0.5) is 158 Å². The van der Waals surface area contributed by atoms with Gasteiger partial charge in [-0.15, -0.1) is 0 Å². The SMILES string of the molecule is FC(F)(F)C(F)(F)C(F)(C=CC(C(F)(F)F)(C(F)(F)F)C(F)(F)F)C(F)(F)F.FC(F)(F)C(F)(F)C(F)(C=CC(F)(C(F)(F)F)C(F)(F)C(F)(F)F)C(F)(F)F. The van der Waals surface area contributed by atoms with Gasteiger partial charge >= 0.3 is 73.4 Å². The Morgan fingerprint density at radius 1 is 0.161 bits per heavy atom. The molecule has 0 aliphatic rings. The highest BCUT2D eigenvalue weighted by atomic mass is 19.5. The minimum absolute atomic E-state index is 2.73. The van der Waals surface area contributed by atoms with Gasteiger partial charge in [0.2, 0.25) is 0 Å². The molecule has 0 fully saturated rings. The van der Waals surface area contributed by atoms with Crippen LogP contribution in [0.15, 0.2) is 24.3 Å². The number of hydrogen-bond acceptors (Lipinski definition) is 0. The molecule has 0 spiro atoms. The molecular weight excluding hydrogens is 924 g/mol. The highest BCUT2D eigenvalue weighted by molar-refractivity contribution is 5.25. The molecule has 0 N–H and O–H groups in total. The summed E-state index contributed by atoms with van der Waals surface area (Å²) in [6.07, 6.45) is -79.4. The molecule has 0 nitrogen and oxygen atoms in total. The van der Waals surface area contributed by atoms with Gasteiger partial charge in [0.1, 0.15) is 0 Å². The van der Waals surface area contributed by atoms with Gasteiger partial charge in [0.05, 0.1) is 0 Å². The lowest BCUT2D eigenvalue weighted by Gasteiger charge is -2.38.